The summed E-state index contributed by atoms with van der Waals surface area (Å²) in [6.45, 7) is 3.70. The molecule has 0 heterocycles. The van der Waals surface area contributed by atoms with E-state index >= 15 is 0 Å². The Morgan fingerprint density at radius 2 is 2.00 bits per heavy atom. The standard InChI is InChI=1S/C12H15NO2/c1-7-6-11(14)8(2)5-10(7)13-12(15)9-3-4-9/h5-6,9,14H,3-4H2,1-2H3,(H,13,15). The van der Waals surface area contributed by atoms with E-state index < -0.39 is 0 Å². The van der Waals surface area contributed by atoms with Gasteiger partial charge < -0.3 is 10.4 Å². The zero-order valence-corrected chi connectivity index (χ0v) is 9.00. The first-order valence-corrected chi connectivity index (χ1v) is 5.19. The third kappa shape index (κ3) is 2.12. The van der Waals surface area contributed by atoms with E-state index in [9.17, 15) is 9.90 Å². The van der Waals surface area contributed by atoms with Gasteiger partial charge in [-0.3, -0.25) is 4.79 Å². The Kier molecular flexibility index (Phi) is 2.39. The molecule has 1 aliphatic carbocycles. The molecule has 0 saturated heterocycles. The van der Waals surface area contributed by atoms with Gasteiger partial charge in [-0.1, -0.05) is 0 Å². The third-order valence-corrected chi connectivity index (χ3v) is 2.75. The normalized spacial score (nSPS) is 15.1. The SMILES string of the molecule is Cc1cc(NC(=O)C2CC2)c(C)cc1O. The largest absolute Gasteiger partial charge is 0.508 e. The molecule has 1 amide bonds. The number of nitrogens with one attached hydrogen (secondary N) is 1. The molecular weight excluding hydrogens is 190 g/mol. The lowest BCUT2D eigenvalue weighted by molar-refractivity contribution is -0.117. The van der Waals surface area contributed by atoms with E-state index in [2.05, 4.69) is 5.32 Å². The summed E-state index contributed by atoms with van der Waals surface area (Å²) in [7, 11) is 0. The summed E-state index contributed by atoms with van der Waals surface area (Å²) < 4.78 is 0. The van der Waals surface area contributed by atoms with E-state index in [1.807, 2.05) is 19.9 Å². The molecule has 0 spiro atoms. The van der Waals surface area contributed by atoms with Crippen molar-refractivity contribution in [2.75, 3.05) is 5.32 Å². The van der Waals surface area contributed by atoms with Crippen LogP contribution in [0.3, 0.4) is 0 Å². The molecule has 2 N–H and O–H groups in total. The number of phenolic OH excluding ortho intramolecular Hbond substituents is 1. The van der Waals surface area contributed by atoms with E-state index in [0.29, 0.717) is 0 Å². The van der Waals surface area contributed by atoms with Crippen molar-refractivity contribution < 1.29 is 9.90 Å². The Morgan fingerprint density at radius 1 is 1.33 bits per heavy atom. The summed E-state index contributed by atoms with van der Waals surface area (Å²) in [6, 6.07) is 3.49. The number of benzene rings is 1. The smallest absolute Gasteiger partial charge is 0.227 e. The first kappa shape index (κ1) is 10.0. The van der Waals surface area contributed by atoms with Crippen LogP contribution in [-0.2, 0) is 4.79 Å². The average Bonchev–Trinajstić information content (AvgIpc) is 2.97. The Hall–Kier alpha value is -1.51. The zero-order chi connectivity index (χ0) is 11.0. The van der Waals surface area contributed by atoms with Gasteiger partial charge in [0.2, 0.25) is 5.91 Å². The Bertz CT molecular complexity index is 408. The van der Waals surface area contributed by atoms with Gasteiger partial charge >= 0.3 is 0 Å². The fraction of sp³-hybridized carbons (Fsp3) is 0.417. The highest BCUT2D eigenvalue weighted by Gasteiger charge is 2.29. The van der Waals surface area contributed by atoms with Gasteiger partial charge in [-0.2, -0.15) is 0 Å². The van der Waals surface area contributed by atoms with Crippen molar-refractivity contribution in [2.24, 2.45) is 5.92 Å². The van der Waals surface area contributed by atoms with Crippen molar-refractivity contribution in [1.82, 2.24) is 0 Å². The third-order valence-electron chi connectivity index (χ3n) is 2.75. The first-order valence-electron chi connectivity index (χ1n) is 5.19. The summed E-state index contributed by atoms with van der Waals surface area (Å²) in [4.78, 5) is 11.5. The minimum Gasteiger partial charge on any atom is -0.508 e. The summed E-state index contributed by atoms with van der Waals surface area (Å²) >= 11 is 0. The minimum absolute atomic E-state index is 0.100. The summed E-state index contributed by atoms with van der Waals surface area (Å²) in [5.41, 5.74) is 2.49. The molecular formula is C12H15NO2. The highest BCUT2D eigenvalue weighted by atomic mass is 16.3. The van der Waals surface area contributed by atoms with Crippen LogP contribution >= 0.6 is 0 Å². The van der Waals surface area contributed by atoms with E-state index in [-0.39, 0.29) is 17.6 Å². The lowest BCUT2D eigenvalue weighted by atomic mass is 10.1. The summed E-state index contributed by atoms with van der Waals surface area (Å²) in [5, 5.41) is 12.4. The molecule has 0 aliphatic heterocycles. The van der Waals surface area contributed by atoms with Crippen LogP contribution < -0.4 is 5.32 Å². The number of rotatable bonds is 2. The van der Waals surface area contributed by atoms with Crippen LogP contribution in [0.1, 0.15) is 24.0 Å². The van der Waals surface area contributed by atoms with E-state index in [1.54, 1.807) is 6.07 Å². The molecule has 1 saturated carbocycles. The van der Waals surface area contributed by atoms with Gasteiger partial charge in [0.25, 0.3) is 0 Å². The lowest BCUT2D eigenvalue weighted by Gasteiger charge is -2.10. The average molecular weight is 205 g/mol. The number of phenols is 1. The second-order valence-electron chi connectivity index (χ2n) is 4.22. The number of aryl methyl sites for hydroxylation is 2. The molecule has 15 heavy (non-hydrogen) atoms. The van der Waals surface area contributed by atoms with Crippen molar-refractivity contribution in [3.8, 4) is 5.75 Å². The van der Waals surface area contributed by atoms with Gasteiger partial charge in [0.05, 0.1) is 0 Å². The maximum Gasteiger partial charge on any atom is 0.227 e. The van der Waals surface area contributed by atoms with Gasteiger partial charge in [-0.05, 0) is 49.9 Å². The van der Waals surface area contributed by atoms with Gasteiger partial charge in [0, 0.05) is 11.6 Å². The second-order valence-corrected chi connectivity index (χ2v) is 4.22. The van der Waals surface area contributed by atoms with E-state index in [1.165, 1.54) is 0 Å². The van der Waals surface area contributed by atoms with Crippen LogP contribution in [-0.4, -0.2) is 11.0 Å². The van der Waals surface area contributed by atoms with Crippen molar-refractivity contribution in [3.63, 3.8) is 0 Å². The first-order chi connectivity index (χ1) is 7.08. The monoisotopic (exact) mass is 205 g/mol. The quantitative estimate of drug-likeness (QED) is 0.728. The maximum atomic E-state index is 11.5. The summed E-state index contributed by atoms with van der Waals surface area (Å²) in [6.07, 6.45) is 2.00. The van der Waals surface area contributed by atoms with Crippen LogP contribution in [0.15, 0.2) is 12.1 Å². The fourth-order valence-electron chi connectivity index (χ4n) is 1.52. The number of anilines is 1. The number of aromatic hydroxyl groups is 1. The molecule has 0 unspecified atom stereocenters. The van der Waals surface area contributed by atoms with Gasteiger partial charge in [0.15, 0.2) is 0 Å². The maximum absolute atomic E-state index is 11.5. The minimum atomic E-state index is 0.100. The van der Waals surface area contributed by atoms with Crippen LogP contribution in [0.2, 0.25) is 0 Å². The Balaban J connectivity index is 2.20. The molecule has 0 atom stereocenters. The highest BCUT2D eigenvalue weighted by molar-refractivity contribution is 5.94. The van der Waals surface area contributed by atoms with Crippen LogP contribution in [0, 0.1) is 19.8 Å². The summed E-state index contributed by atoms with van der Waals surface area (Å²) in [5.74, 6) is 0.582. The predicted molar refractivity (Wildman–Crippen MR) is 58.9 cm³/mol. The second kappa shape index (κ2) is 3.57. The number of carbonyl (C=O) groups excluding carboxylic acids is 1. The molecule has 0 aromatic heterocycles. The van der Waals surface area contributed by atoms with Crippen molar-refractivity contribution in [1.29, 1.82) is 0 Å². The predicted octanol–water partition coefficient (Wildman–Crippen LogP) is 2.36. The molecule has 0 bridgehead atoms. The molecule has 2 rings (SSSR count). The van der Waals surface area contributed by atoms with Gasteiger partial charge in [-0.25, -0.2) is 0 Å². The van der Waals surface area contributed by atoms with Crippen molar-refractivity contribution >= 4 is 11.6 Å². The van der Waals surface area contributed by atoms with Crippen LogP contribution in [0.5, 0.6) is 5.75 Å². The van der Waals surface area contributed by atoms with Gasteiger partial charge in [-0.15, -0.1) is 0 Å². The topological polar surface area (TPSA) is 49.3 Å². The molecule has 3 nitrogen and oxygen atoms in total. The van der Waals surface area contributed by atoms with E-state index in [0.717, 1.165) is 29.7 Å². The number of carbonyl (C=O) groups is 1. The number of amides is 1. The van der Waals surface area contributed by atoms with Crippen molar-refractivity contribution in [3.05, 3.63) is 23.3 Å². The Labute approximate surface area is 89.1 Å². The zero-order valence-electron chi connectivity index (χ0n) is 9.00. The molecule has 80 valence electrons. The molecule has 1 aliphatic rings. The molecule has 3 heteroatoms. The highest BCUT2D eigenvalue weighted by Crippen LogP contribution is 2.31. The molecule has 1 aromatic carbocycles. The van der Waals surface area contributed by atoms with Crippen molar-refractivity contribution in [2.45, 2.75) is 26.7 Å². The van der Waals surface area contributed by atoms with Gasteiger partial charge in [0.1, 0.15) is 5.75 Å². The van der Waals surface area contributed by atoms with Crippen LogP contribution in [0.4, 0.5) is 5.69 Å². The fourth-order valence-corrected chi connectivity index (χ4v) is 1.52. The Morgan fingerprint density at radius 3 is 2.60 bits per heavy atom. The molecule has 0 radical (unpaired) electrons. The number of hydrogen-bond acceptors (Lipinski definition) is 2. The lowest BCUT2D eigenvalue weighted by Crippen LogP contribution is -2.14. The van der Waals surface area contributed by atoms with Crippen LogP contribution in [0.25, 0.3) is 0 Å². The molecule has 1 aromatic rings. The van der Waals surface area contributed by atoms with E-state index in [4.69, 9.17) is 0 Å². The number of hydrogen-bond donors (Lipinski definition) is 2. The molecule has 1 fully saturated rings.